The molecule has 1 N–H and O–H groups in total. The van der Waals surface area contributed by atoms with Gasteiger partial charge in [-0.1, -0.05) is 25.1 Å². The molecule has 0 amide bonds. The number of hydrogen-bond donors (Lipinski definition) is 1. The second-order valence-electron chi connectivity index (χ2n) is 4.14. The fraction of sp³-hybridized carbons (Fsp3) is 0.200. The molecule has 100 valence electrons. The average molecular weight is 264 g/mol. The van der Waals surface area contributed by atoms with E-state index in [-0.39, 0.29) is 5.75 Å². The van der Waals surface area contributed by atoms with Crippen molar-refractivity contribution in [2.75, 3.05) is 0 Å². The van der Waals surface area contributed by atoms with Crippen LogP contribution in [0.4, 0.5) is 8.78 Å². The van der Waals surface area contributed by atoms with Crippen molar-refractivity contribution < 1.29 is 18.6 Å². The lowest BCUT2D eigenvalue weighted by molar-refractivity contribution is 0.170. The van der Waals surface area contributed by atoms with Gasteiger partial charge in [0.15, 0.2) is 11.6 Å². The monoisotopic (exact) mass is 264 g/mol. The molecule has 0 unspecified atom stereocenters. The van der Waals surface area contributed by atoms with Crippen molar-refractivity contribution in [2.24, 2.45) is 0 Å². The highest BCUT2D eigenvalue weighted by Gasteiger charge is 2.13. The molecule has 0 aliphatic heterocycles. The van der Waals surface area contributed by atoms with E-state index in [1.54, 1.807) is 24.3 Å². The van der Waals surface area contributed by atoms with Crippen LogP contribution in [0.5, 0.6) is 11.5 Å². The van der Waals surface area contributed by atoms with E-state index in [1.807, 2.05) is 6.92 Å². The maximum Gasteiger partial charge on any atom is 0.165 e. The Labute approximate surface area is 110 Å². The van der Waals surface area contributed by atoms with E-state index < -0.39 is 17.7 Å². The molecule has 0 aromatic heterocycles. The van der Waals surface area contributed by atoms with Crippen LogP contribution in [0.1, 0.15) is 25.0 Å². The molecular weight excluding hydrogens is 250 g/mol. The topological polar surface area (TPSA) is 29.5 Å². The van der Waals surface area contributed by atoms with Gasteiger partial charge in [0, 0.05) is 11.6 Å². The summed E-state index contributed by atoms with van der Waals surface area (Å²) in [5, 5.41) is 9.86. The SMILES string of the molecule is CC[C@@H](O)c1ccccc1Oc1cc(F)ccc1F. The van der Waals surface area contributed by atoms with E-state index >= 15 is 0 Å². The molecule has 2 aromatic carbocycles. The van der Waals surface area contributed by atoms with E-state index in [4.69, 9.17) is 4.74 Å². The molecule has 2 aromatic rings. The van der Waals surface area contributed by atoms with Crippen molar-refractivity contribution in [1.29, 1.82) is 0 Å². The first-order chi connectivity index (χ1) is 9.11. The Balaban J connectivity index is 2.35. The summed E-state index contributed by atoms with van der Waals surface area (Å²) in [6, 6.07) is 9.77. The number of aliphatic hydroxyl groups excluding tert-OH is 1. The van der Waals surface area contributed by atoms with Crippen LogP contribution in [0.3, 0.4) is 0 Å². The highest BCUT2D eigenvalue weighted by molar-refractivity contribution is 5.39. The summed E-state index contributed by atoms with van der Waals surface area (Å²) in [5.41, 5.74) is 0.550. The lowest BCUT2D eigenvalue weighted by Gasteiger charge is -2.15. The minimum absolute atomic E-state index is 0.198. The molecule has 0 aliphatic rings. The third-order valence-corrected chi connectivity index (χ3v) is 2.78. The first-order valence-electron chi connectivity index (χ1n) is 6.01. The summed E-state index contributed by atoms with van der Waals surface area (Å²) in [5.74, 6) is -1.11. The molecule has 0 fully saturated rings. The maximum atomic E-state index is 13.5. The molecule has 4 heteroatoms. The minimum Gasteiger partial charge on any atom is -0.454 e. The van der Waals surface area contributed by atoms with Crippen LogP contribution in [0.2, 0.25) is 0 Å². The highest BCUT2D eigenvalue weighted by Crippen LogP contribution is 2.32. The molecule has 1 atom stereocenters. The van der Waals surface area contributed by atoms with Gasteiger partial charge in [0.1, 0.15) is 11.6 Å². The number of para-hydroxylation sites is 1. The smallest absolute Gasteiger partial charge is 0.165 e. The molecule has 0 aliphatic carbocycles. The van der Waals surface area contributed by atoms with Crippen LogP contribution in [0.25, 0.3) is 0 Å². The summed E-state index contributed by atoms with van der Waals surface area (Å²) >= 11 is 0. The zero-order valence-electron chi connectivity index (χ0n) is 10.4. The maximum absolute atomic E-state index is 13.5. The third-order valence-electron chi connectivity index (χ3n) is 2.78. The summed E-state index contributed by atoms with van der Waals surface area (Å²) in [6.45, 7) is 1.82. The highest BCUT2D eigenvalue weighted by atomic mass is 19.1. The van der Waals surface area contributed by atoms with E-state index in [9.17, 15) is 13.9 Å². The minimum atomic E-state index is -0.701. The molecule has 0 saturated carbocycles. The van der Waals surface area contributed by atoms with Gasteiger partial charge in [0.2, 0.25) is 0 Å². The van der Waals surface area contributed by atoms with Crippen molar-refractivity contribution in [2.45, 2.75) is 19.4 Å². The Morgan fingerprint density at radius 3 is 2.58 bits per heavy atom. The van der Waals surface area contributed by atoms with E-state index in [1.165, 1.54) is 0 Å². The van der Waals surface area contributed by atoms with Crippen LogP contribution >= 0.6 is 0 Å². The van der Waals surface area contributed by atoms with Crippen molar-refractivity contribution in [3.8, 4) is 11.5 Å². The summed E-state index contributed by atoms with van der Waals surface area (Å²) in [4.78, 5) is 0. The molecule has 2 rings (SSSR count). The molecular formula is C15H14F2O2. The average Bonchev–Trinajstić information content (AvgIpc) is 2.42. The lowest BCUT2D eigenvalue weighted by atomic mass is 10.1. The van der Waals surface area contributed by atoms with Gasteiger partial charge in [-0.3, -0.25) is 0 Å². The Morgan fingerprint density at radius 2 is 1.84 bits per heavy atom. The first kappa shape index (κ1) is 13.5. The van der Waals surface area contributed by atoms with Crippen molar-refractivity contribution in [3.63, 3.8) is 0 Å². The van der Waals surface area contributed by atoms with Crippen LogP contribution in [0, 0.1) is 11.6 Å². The Bertz CT molecular complexity index is 570. The van der Waals surface area contributed by atoms with Gasteiger partial charge in [0.05, 0.1) is 6.10 Å². The molecule has 2 nitrogen and oxygen atoms in total. The number of benzene rings is 2. The van der Waals surface area contributed by atoms with Crippen molar-refractivity contribution in [3.05, 3.63) is 59.7 Å². The van der Waals surface area contributed by atoms with Gasteiger partial charge < -0.3 is 9.84 Å². The zero-order valence-corrected chi connectivity index (χ0v) is 10.4. The lowest BCUT2D eigenvalue weighted by Crippen LogP contribution is -1.99. The number of aliphatic hydroxyl groups is 1. The number of halogens is 2. The van der Waals surface area contributed by atoms with Crippen LogP contribution in [0.15, 0.2) is 42.5 Å². The van der Waals surface area contributed by atoms with Crippen LogP contribution in [-0.4, -0.2) is 5.11 Å². The molecule has 0 radical (unpaired) electrons. The van der Waals surface area contributed by atoms with Crippen LogP contribution < -0.4 is 4.74 Å². The Hall–Kier alpha value is -1.94. The predicted molar refractivity (Wildman–Crippen MR) is 68.1 cm³/mol. The normalized spacial score (nSPS) is 12.2. The molecule has 0 saturated heterocycles. The van der Waals surface area contributed by atoms with Gasteiger partial charge in [-0.2, -0.15) is 0 Å². The number of ether oxygens (including phenoxy) is 1. The fourth-order valence-corrected chi connectivity index (χ4v) is 1.74. The quantitative estimate of drug-likeness (QED) is 0.896. The summed E-state index contributed by atoms with van der Waals surface area (Å²) < 4.78 is 32.0. The first-order valence-corrected chi connectivity index (χ1v) is 6.01. The summed E-state index contributed by atoms with van der Waals surface area (Å²) in [6.07, 6.45) is -0.195. The van der Waals surface area contributed by atoms with Crippen LogP contribution in [-0.2, 0) is 0 Å². The second-order valence-corrected chi connectivity index (χ2v) is 4.14. The molecule has 0 heterocycles. The van der Waals surface area contributed by atoms with E-state index in [2.05, 4.69) is 0 Å². The van der Waals surface area contributed by atoms with Gasteiger partial charge in [0.25, 0.3) is 0 Å². The largest absolute Gasteiger partial charge is 0.454 e. The fourth-order valence-electron chi connectivity index (χ4n) is 1.74. The van der Waals surface area contributed by atoms with Gasteiger partial charge in [-0.15, -0.1) is 0 Å². The Morgan fingerprint density at radius 1 is 1.11 bits per heavy atom. The van der Waals surface area contributed by atoms with E-state index in [0.717, 1.165) is 18.2 Å². The standard InChI is InChI=1S/C15H14F2O2/c1-2-13(18)11-5-3-4-6-14(11)19-15-9-10(16)7-8-12(15)17/h3-9,13,18H,2H2,1H3/t13-/m1/s1. The van der Waals surface area contributed by atoms with E-state index in [0.29, 0.717) is 17.7 Å². The number of hydrogen-bond acceptors (Lipinski definition) is 2. The molecule has 19 heavy (non-hydrogen) atoms. The second kappa shape index (κ2) is 5.80. The van der Waals surface area contributed by atoms with Crippen molar-refractivity contribution >= 4 is 0 Å². The third kappa shape index (κ3) is 3.09. The van der Waals surface area contributed by atoms with Gasteiger partial charge >= 0.3 is 0 Å². The number of rotatable bonds is 4. The molecule has 0 spiro atoms. The van der Waals surface area contributed by atoms with Gasteiger partial charge in [-0.25, -0.2) is 8.78 Å². The van der Waals surface area contributed by atoms with Gasteiger partial charge in [-0.05, 0) is 24.6 Å². The Kier molecular flexibility index (Phi) is 4.12. The predicted octanol–water partition coefficient (Wildman–Crippen LogP) is 4.20. The summed E-state index contributed by atoms with van der Waals surface area (Å²) in [7, 11) is 0. The molecule has 0 bridgehead atoms. The zero-order chi connectivity index (χ0) is 13.8. The van der Waals surface area contributed by atoms with Crippen molar-refractivity contribution in [1.82, 2.24) is 0 Å².